The number of nitrogens with zero attached hydrogens (tertiary/aromatic N) is 4. The van der Waals surface area contributed by atoms with Crippen molar-refractivity contribution in [3.8, 4) is 0 Å². The first kappa shape index (κ1) is 17.9. The van der Waals surface area contributed by atoms with E-state index in [1.807, 2.05) is 12.1 Å². The lowest BCUT2D eigenvalue weighted by atomic mass is 10.2. The molecular formula is C19H22N4O3S. The largest absolute Gasteiger partial charge is 0.369 e. The zero-order chi connectivity index (χ0) is 19.0. The van der Waals surface area contributed by atoms with E-state index in [0.29, 0.717) is 44.0 Å². The second-order valence-corrected chi connectivity index (χ2v) is 8.75. The van der Waals surface area contributed by atoms with Gasteiger partial charge in [-0.1, -0.05) is 0 Å². The van der Waals surface area contributed by atoms with E-state index in [1.165, 1.54) is 6.92 Å². The highest BCUT2D eigenvalue weighted by Gasteiger charge is 2.30. The average Bonchev–Trinajstić information content (AvgIpc) is 3.12. The van der Waals surface area contributed by atoms with Crippen LogP contribution in [0.1, 0.15) is 12.5 Å². The fourth-order valence-corrected chi connectivity index (χ4v) is 5.23. The van der Waals surface area contributed by atoms with Gasteiger partial charge in [-0.2, -0.15) is 4.31 Å². The van der Waals surface area contributed by atoms with E-state index in [2.05, 4.69) is 9.88 Å². The Morgan fingerprint density at radius 2 is 1.70 bits per heavy atom. The van der Waals surface area contributed by atoms with Crippen LogP contribution in [0, 0.1) is 0 Å². The van der Waals surface area contributed by atoms with Gasteiger partial charge in [0.1, 0.15) is 0 Å². The molecule has 0 atom stereocenters. The number of benzene rings is 1. The molecule has 1 saturated heterocycles. The number of aromatic nitrogens is 1. The number of carbonyl (C=O) groups excluding carboxylic acids is 1. The van der Waals surface area contributed by atoms with Crippen molar-refractivity contribution in [1.82, 2.24) is 9.29 Å². The standard InChI is InChI=1S/C19H22N4O3S/c1-15(24)23-9-6-16-14-18(2-3-19(16)23)27(25,26)22-12-10-21(11-13-22)17-4-7-20-8-5-17/h2-5,7-8,14H,6,9-13H2,1H3. The molecule has 0 bridgehead atoms. The van der Waals surface area contributed by atoms with Crippen molar-refractivity contribution in [3.05, 3.63) is 48.3 Å². The highest BCUT2D eigenvalue weighted by molar-refractivity contribution is 7.89. The van der Waals surface area contributed by atoms with E-state index in [-0.39, 0.29) is 5.91 Å². The summed E-state index contributed by atoms with van der Waals surface area (Å²) in [5, 5.41) is 0. The number of piperazine rings is 1. The Hall–Kier alpha value is -2.45. The maximum absolute atomic E-state index is 13.1. The van der Waals surface area contributed by atoms with Crippen LogP contribution in [-0.4, -0.2) is 56.3 Å². The molecule has 2 aliphatic heterocycles. The summed E-state index contributed by atoms with van der Waals surface area (Å²) < 4.78 is 27.7. The molecule has 4 rings (SSSR count). The number of sulfonamides is 1. The molecule has 0 N–H and O–H groups in total. The second kappa shape index (κ2) is 6.94. The maximum atomic E-state index is 13.1. The fraction of sp³-hybridized carbons (Fsp3) is 0.368. The van der Waals surface area contributed by atoms with Crippen LogP contribution in [-0.2, 0) is 21.2 Å². The quantitative estimate of drug-likeness (QED) is 0.799. The topological polar surface area (TPSA) is 73.8 Å². The summed E-state index contributed by atoms with van der Waals surface area (Å²) in [6, 6.07) is 8.97. The van der Waals surface area contributed by atoms with Crippen molar-refractivity contribution < 1.29 is 13.2 Å². The molecule has 8 heteroatoms. The van der Waals surface area contributed by atoms with Gasteiger partial charge in [0, 0.05) is 63.4 Å². The number of amides is 1. The molecule has 0 unspecified atom stereocenters. The van der Waals surface area contributed by atoms with E-state index in [4.69, 9.17) is 0 Å². The lowest BCUT2D eigenvalue weighted by Gasteiger charge is -2.35. The fourth-order valence-electron chi connectivity index (χ4n) is 3.76. The Bertz CT molecular complexity index is 954. The number of anilines is 2. The summed E-state index contributed by atoms with van der Waals surface area (Å²) in [6.07, 6.45) is 4.18. The smallest absolute Gasteiger partial charge is 0.243 e. The van der Waals surface area contributed by atoms with Crippen LogP contribution in [0.3, 0.4) is 0 Å². The minimum atomic E-state index is -3.54. The van der Waals surface area contributed by atoms with Crippen LogP contribution in [0.5, 0.6) is 0 Å². The maximum Gasteiger partial charge on any atom is 0.243 e. The normalized spacial score (nSPS) is 17.8. The third-order valence-corrected chi connectivity index (χ3v) is 7.13. The molecule has 0 radical (unpaired) electrons. The average molecular weight is 386 g/mol. The number of pyridine rings is 1. The summed E-state index contributed by atoms with van der Waals surface area (Å²) >= 11 is 0. The molecule has 2 aromatic rings. The first-order valence-electron chi connectivity index (χ1n) is 9.03. The van der Waals surface area contributed by atoms with Crippen LogP contribution in [0.4, 0.5) is 11.4 Å². The Labute approximate surface area is 159 Å². The van der Waals surface area contributed by atoms with Gasteiger partial charge in [0.2, 0.25) is 15.9 Å². The lowest BCUT2D eigenvalue weighted by Crippen LogP contribution is -2.48. The molecule has 7 nitrogen and oxygen atoms in total. The zero-order valence-corrected chi connectivity index (χ0v) is 16.0. The SMILES string of the molecule is CC(=O)N1CCc2cc(S(=O)(=O)N3CCN(c4ccncc4)CC3)ccc21. The molecule has 3 heterocycles. The van der Waals surface area contributed by atoms with Crippen LogP contribution >= 0.6 is 0 Å². The van der Waals surface area contributed by atoms with Gasteiger partial charge in [-0.15, -0.1) is 0 Å². The summed E-state index contributed by atoms with van der Waals surface area (Å²) in [6.45, 7) is 4.32. The third kappa shape index (κ3) is 3.30. The van der Waals surface area contributed by atoms with E-state index in [1.54, 1.807) is 39.8 Å². The number of rotatable bonds is 3. The molecule has 0 saturated carbocycles. The minimum absolute atomic E-state index is 0.0170. The van der Waals surface area contributed by atoms with Gasteiger partial charge in [0.15, 0.2) is 0 Å². The van der Waals surface area contributed by atoms with Gasteiger partial charge in [-0.05, 0) is 42.3 Å². The van der Waals surface area contributed by atoms with Gasteiger partial charge in [-0.3, -0.25) is 9.78 Å². The third-order valence-electron chi connectivity index (χ3n) is 5.23. The number of hydrogen-bond donors (Lipinski definition) is 0. The molecule has 1 aromatic carbocycles. The first-order chi connectivity index (χ1) is 13.0. The van der Waals surface area contributed by atoms with Gasteiger partial charge in [-0.25, -0.2) is 8.42 Å². The number of hydrogen-bond acceptors (Lipinski definition) is 5. The summed E-state index contributed by atoms with van der Waals surface area (Å²) in [5.41, 5.74) is 2.80. The Kier molecular flexibility index (Phi) is 4.61. The molecule has 0 aliphatic carbocycles. The van der Waals surface area contributed by atoms with Crippen molar-refractivity contribution >= 4 is 27.3 Å². The van der Waals surface area contributed by atoms with E-state index in [9.17, 15) is 13.2 Å². The van der Waals surface area contributed by atoms with E-state index >= 15 is 0 Å². The van der Waals surface area contributed by atoms with Gasteiger partial charge >= 0.3 is 0 Å². The van der Waals surface area contributed by atoms with E-state index in [0.717, 1.165) is 16.9 Å². The summed E-state index contributed by atoms with van der Waals surface area (Å²) in [4.78, 5) is 19.9. The Morgan fingerprint density at radius 3 is 2.37 bits per heavy atom. The molecule has 1 aromatic heterocycles. The second-order valence-electron chi connectivity index (χ2n) is 6.81. The molecule has 1 amide bonds. The van der Waals surface area contributed by atoms with Crippen molar-refractivity contribution in [2.75, 3.05) is 42.5 Å². The van der Waals surface area contributed by atoms with Crippen LogP contribution in [0.15, 0.2) is 47.6 Å². The predicted octanol–water partition coefficient (Wildman–Crippen LogP) is 1.50. The number of carbonyl (C=O) groups is 1. The summed E-state index contributed by atoms with van der Waals surface area (Å²) in [7, 11) is -3.54. The van der Waals surface area contributed by atoms with Crippen molar-refractivity contribution in [1.29, 1.82) is 0 Å². The predicted molar refractivity (Wildman–Crippen MR) is 103 cm³/mol. The van der Waals surface area contributed by atoms with Crippen LogP contribution < -0.4 is 9.80 Å². The monoisotopic (exact) mass is 386 g/mol. The van der Waals surface area contributed by atoms with Crippen molar-refractivity contribution in [3.63, 3.8) is 0 Å². The number of fused-ring (bicyclic) bond motifs is 1. The van der Waals surface area contributed by atoms with Crippen molar-refractivity contribution in [2.45, 2.75) is 18.2 Å². The van der Waals surface area contributed by atoms with Gasteiger partial charge < -0.3 is 9.80 Å². The van der Waals surface area contributed by atoms with Crippen LogP contribution in [0.2, 0.25) is 0 Å². The molecule has 2 aliphatic rings. The first-order valence-corrected chi connectivity index (χ1v) is 10.5. The zero-order valence-electron chi connectivity index (χ0n) is 15.2. The Balaban J connectivity index is 1.51. The molecule has 0 spiro atoms. The highest BCUT2D eigenvalue weighted by Crippen LogP contribution is 2.31. The Morgan fingerprint density at radius 1 is 1.00 bits per heavy atom. The molecule has 27 heavy (non-hydrogen) atoms. The van der Waals surface area contributed by atoms with Gasteiger partial charge in [0.05, 0.1) is 4.90 Å². The highest BCUT2D eigenvalue weighted by atomic mass is 32.2. The van der Waals surface area contributed by atoms with Crippen molar-refractivity contribution in [2.24, 2.45) is 0 Å². The van der Waals surface area contributed by atoms with Gasteiger partial charge in [0.25, 0.3) is 0 Å². The molecule has 142 valence electrons. The van der Waals surface area contributed by atoms with Crippen LogP contribution in [0.25, 0.3) is 0 Å². The van der Waals surface area contributed by atoms with E-state index < -0.39 is 10.0 Å². The molecular weight excluding hydrogens is 364 g/mol. The minimum Gasteiger partial charge on any atom is -0.369 e. The lowest BCUT2D eigenvalue weighted by molar-refractivity contribution is -0.116. The molecule has 1 fully saturated rings. The summed E-state index contributed by atoms with van der Waals surface area (Å²) in [5.74, 6) is -0.0170.